The van der Waals surface area contributed by atoms with Crippen LogP contribution in [0.2, 0.25) is 0 Å². The first-order valence-corrected chi connectivity index (χ1v) is 6.48. The van der Waals surface area contributed by atoms with Crippen molar-refractivity contribution in [3.8, 4) is 5.75 Å². The summed E-state index contributed by atoms with van der Waals surface area (Å²) in [7, 11) is -4.31. The van der Waals surface area contributed by atoms with E-state index < -0.39 is 20.8 Å². The van der Waals surface area contributed by atoms with Gasteiger partial charge in [0.15, 0.2) is 0 Å². The normalized spacial score (nSPS) is 10.6. The third-order valence-electron chi connectivity index (χ3n) is 2.11. The number of rotatable bonds is 1. The highest BCUT2D eigenvalue weighted by atomic mass is 32.2. The third-order valence-corrected chi connectivity index (χ3v) is 3.00. The van der Waals surface area contributed by atoms with E-state index in [-0.39, 0.29) is 0 Å². The topological polar surface area (TPSA) is 103 Å². The Morgan fingerprint density at radius 2 is 1.94 bits per heavy atom. The predicted octanol–water partition coefficient (Wildman–Crippen LogP) is 1.67. The molecule has 1 aromatic heterocycles. The Labute approximate surface area is 105 Å². The number of aryl methyl sites for hydroxylation is 2. The summed E-state index contributed by atoms with van der Waals surface area (Å²) in [5, 5.41) is 9.19. The van der Waals surface area contributed by atoms with Gasteiger partial charge in [-0.25, -0.2) is 4.98 Å². The average molecular weight is 270 g/mol. The summed E-state index contributed by atoms with van der Waals surface area (Å²) in [5.74, 6) is 0.565. The van der Waals surface area contributed by atoms with Crippen LogP contribution in [0, 0.1) is 13.8 Å². The van der Waals surface area contributed by atoms with Crippen LogP contribution in [-0.4, -0.2) is 28.0 Å². The Kier molecular flexibility index (Phi) is 4.46. The van der Waals surface area contributed by atoms with Gasteiger partial charge in [-0.05, 0) is 25.5 Å². The number of nitrogens with one attached hydrogen (secondary N) is 1. The number of benzene rings is 1. The maximum absolute atomic E-state index is 10.6. The first-order valence-electron chi connectivity index (χ1n) is 5.04. The predicted molar refractivity (Wildman–Crippen MR) is 66.0 cm³/mol. The molecule has 1 heterocycles. The molecule has 3 N–H and O–H groups in total. The van der Waals surface area contributed by atoms with Gasteiger partial charge in [-0.1, -0.05) is 12.1 Å². The molecular weight excluding hydrogens is 256 g/mol. The van der Waals surface area contributed by atoms with Gasteiger partial charge in [-0.3, -0.25) is 4.55 Å². The number of H-pyrrole nitrogens is 1. The van der Waals surface area contributed by atoms with Gasteiger partial charge in [0.1, 0.15) is 16.5 Å². The molecule has 0 saturated carbocycles. The SMILES string of the molecule is Cc1cccc(S(=O)(=O)O)c1O.Cc1ncc[nH]1. The van der Waals surface area contributed by atoms with Gasteiger partial charge >= 0.3 is 0 Å². The quantitative estimate of drug-likeness (QED) is 0.684. The number of nitrogens with zero attached hydrogens (tertiary/aromatic N) is 1. The standard InChI is InChI=1S/C7H8O4S.C4H6N2/c1-5-3-2-4-6(7(5)8)12(9,10)11;1-4-5-2-3-6-4/h2-4,8H,1H3,(H,9,10,11);2-3H,1H3,(H,5,6). The van der Waals surface area contributed by atoms with Gasteiger partial charge in [0.05, 0.1) is 0 Å². The van der Waals surface area contributed by atoms with Gasteiger partial charge in [0, 0.05) is 12.4 Å². The van der Waals surface area contributed by atoms with Crippen LogP contribution in [0.15, 0.2) is 35.5 Å². The lowest BCUT2D eigenvalue weighted by atomic mass is 10.2. The fraction of sp³-hybridized carbons (Fsp3) is 0.182. The van der Waals surface area contributed by atoms with E-state index in [9.17, 15) is 13.5 Å². The van der Waals surface area contributed by atoms with E-state index in [4.69, 9.17) is 4.55 Å². The van der Waals surface area contributed by atoms with Crippen LogP contribution >= 0.6 is 0 Å². The summed E-state index contributed by atoms with van der Waals surface area (Å²) in [5.41, 5.74) is 0.408. The summed E-state index contributed by atoms with van der Waals surface area (Å²) in [6.45, 7) is 3.46. The van der Waals surface area contributed by atoms with Crippen molar-refractivity contribution in [3.05, 3.63) is 42.0 Å². The molecule has 0 fully saturated rings. The van der Waals surface area contributed by atoms with Gasteiger partial charge in [0.25, 0.3) is 10.1 Å². The number of aromatic nitrogens is 2. The van der Waals surface area contributed by atoms with Crippen molar-refractivity contribution in [1.29, 1.82) is 0 Å². The summed E-state index contributed by atoms with van der Waals surface area (Å²) < 4.78 is 29.8. The zero-order valence-electron chi connectivity index (χ0n) is 9.95. The number of hydrogen-bond acceptors (Lipinski definition) is 4. The Bertz CT molecular complexity index is 606. The minimum Gasteiger partial charge on any atom is -0.506 e. The molecule has 0 bridgehead atoms. The van der Waals surface area contributed by atoms with Gasteiger partial charge < -0.3 is 10.1 Å². The maximum atomic E-state index is 10.6. The summed E-state index contributed by atoms with van der Waals surface area (Å²) in [6, 6.07) is 4.12. The minimum absolute atomic E-state index is 0.403. The van der Waals surface area contributed by atoms with Crippen molar-refractivity contribution in [3.63, 3.8) is 0 Å². The van der Waals surface area contributed by atoms with Crippen molar-refractivity contribution in [2.75, 3.05) is 0 Å². The first kappa shape index (κ1) is 14.2. The molecule has 0 aliphatic heterocycles. The van der Waals surface area contributed by atoms with Crippen molar-refractivity contribution in [1.82, 2.24) is 9.97 Å². The van der Waals surface area contributed by atoms with Crippen LogP contribution in [0.4, 0.5) is 0 Å². The largest absolute Gasteiger partial charge is 0.506 e. The second kappa shape index (κ2) is 5.65. The van der Waals surface area contributed by atoms with E-state index in [0.29, 0.717) is 5.56 Å². The van der Waals surface area contributed by atoms with Crippen LogP contribution in [0.3, 0.4) is 0 Å². The third kappa shape index (κ3) is 3.86. The zero-order chi connectivity index (χ0) is 13.8. The highest BCUT2D eigenvalue weighted by molar-refractivity contribution is 7.86. The molecule has 0 saturated heterocycles. The molecule has 0 aliphatic rings. The number of phenolic OH excluding ortho intramolecular Hbond substituents is 1. The Morgan fingerprint density at radius 1 is 1.28 bits per heavy atom. The number of hydrogen-bond donors (Lipinski definition) is 3. The van der Waals surface area contributed by atoms with E-state index in [2.05, 4.69) is 9.97 Å². The molecule has 0 amide bonds. The number of imidazole rings is 1. The van der Waals surface area contributed by atoms with E-state index in [1.165, 1.54) is 6.07 Å². The van der Waals surface area contributed by atoms with Crippen molar-refractivity contribution in [2.24, 2.45) is 0 Å². The Morgan fingerprint density at radius 3 is 2.28 bits per heavy atom. The van der Waals surface area contributed by atoms with E-state index in [0.717, 1.165) is 11.9 Å². The van der Waals surface area contributed by atoms with E-state index >= 15 is 0 Å². The fourth-order valence-corrected chi connectivity index (χ4v) is 1.84. The second-order valence-corrected chi connectivity index (χ2v) is 4.96. The monoisotopic (exact) mass is 270 g/mol. The molecule has 0 aliphatic carbocycles. The van der Waals surface area contributed by atoms with Crippen LogP contribution in [0.25, 0.3) is 0 Å². The molecule has 2 rings (SSSR count). The molecule has 7 heteroatoms. The molecule has 18 heavy (non-hydrogen) atoms. The lowest BCUT2D eigenvalue weighted by Gasteiger charge is -2.02. The maximum Gasteiger partial charge on any atom is 0.298 e. The molecule has 0 atom stereocenters. The molecule has 6 nitrogen and oxygen atoms in total. The van der Waals surface area contributed by atoms with Gasteiger partial charge in [-0.2, -0.15) is 8.42 Å². The number of phenols is 1. The number of aromatic hydroxyl groups is 1. The van der Waals surface area contributed by atoms with Crippen molar-refractivity contribution in [2.45, 2.75) is 18.7 Å². The molecule has 1 aromatic carbocycles. The van der Waals surface area contributed by atoms with E-state index in [1.807, 2.05) is 6.92 Å². The second-order valence-electron chi connectivity index (χ2n) is 3.57. The summed E-state index contributed by atoms with van der Waals surface area (Å²) in [6.07, 6.45) is 3.53. The summed E-state index contributed by atoms with van der Waals surface area (Å²) in [4.78, 5) is 6.29. The lowest BCUT2D eigenvalue weighted by Crippen LogP contribution is -1.98. The molecule has 0 spiro atoms. The molecule has 98 valence electrons. The Hall–Kier alpha value is -1.86. The highest BCUT2D eigenvalue weighted by Gasteiger charge is 2.15. The number of para-hydroxylation sites is 1. The van der Waals surface area contributed by atoms with E-state index in [1.54, 1.807) is 25.4 Å². The minimum atomic E-state index is -4.31. The van der Waals surface area contributed by atoms with Crippen molar-refractivity contribution >= 4 is 10.1 Å². The fourth-order valence-electron chi connectivity index (χ4n) is 1.18. The van der Waals surface area contributed by atoms with Gasteiger partial charge in [-0.15, -0.1) is 0 Å². The zero-order valence-corrected chi connectivity index (χ0v) is 10.8. The average Bonchev–Trinajstić information content (AvgIpc) is 2.72. The molecule has 0 radical (unpaired) electrons. The first-order chi connectivity index (χ1) is 8.32. The smallest absolute Gasteiger partial charge is 0.298 e. The molecule has 2 aromatic rings. The van der Waals surface area contributed by atoms with Crippen LogP contribution in [0.1, 0.15) is 11.4 Å². The Balaban J connectivity index is 0.000000225. The summed E-state index contributed by atoms with van der Waals surface area (Å²) >= 11 is 0. The lowest BCUT2D eigenvalue weighted by molar-refractivity contribution is 0.440. The molecule has 0 unspecified atom stereocenters. The number of aromatic amines is 1. The van der Waals surface area contributed by atoms with Crippen LogP contribution < -0.4 is 0 Å². The molecular formula is C11H14N2O4S. The van der Waals surface area contributed by atoms with Gasteiger partial charge in [0.2, 0.25) is 0 Å². The van der Waals surface area contributed by atoms with Crippen LogP contribution in [-0.2, 0) is 10.1 Å². The van der Waals surface area contributed by atoms with Crippen molar-refractivity contribution < 1.29 is 18.1 Å². The highest BCUT2D eigenvalue weighted by Crippen LogP contribution is 2.25. The van der Waals surface area contributed by atoms with Crippen LogP contribution in [0.5, 0.6) is 5.75 Å².